The number of benzene rings is 1. The van der Waals surface area contributed by atoms with E-state index in [2.05, 4.69) is 4.98 Å². The van der Waals surface area contributed by atoms with Crippen LogP contribution in [0.25, 0.3) is 11.5 Å². The molecule has 7 heteroatoms. The molecule has 142 valence electrons. The minimum Gasteiger partial charge on any atom is -0.496 e. The van der Waals surface area contributed by atoms with Crippen molar-refractivity contribution in [1.29, 1.82) is 0 Å². The lowest BCUT2D eigenvalue weighted by Crippen LogP contribution is -2.39. The van der Waals surface area contributed by atoms with Gasteiger partial charge in [-0.1, -0.05) is 0 Å². The summed E-state index contributed by atoms with van der Waals surface area (Å²) in [7, 11) is 3.20. The number of hydrogen-bond donors (Lipinski definition) is 0. The SMILES string of the molecule is COc1ccc(-c2nc(CN3CCC(F)(F)CC3)c(C)o2)c(OC)c1C. The average molecular weight is 366 g/mol. The standard InChI is InChI=1S/C19H24F2N2O3/c1-12-16(24-3)6-5-14(17(12)25-4)18-22-15(13(2)26-18)11-23-9-7-19(20,21)8-10-23/h5-6H,7-11H2,1-4H3. The monoisotopic (exact) mass is 366 g/mol. The number of ether oxygens (including phenoxy) is 2. The lowest BCUT2D eigenvalue weighted by Gasteiger charge is -2.31. The third-order valence-electron chi connectivity index (χ3n) is 4.86. The molecule has 1 fully saturated rings. The Bertz CT molecular complexity index is 779. The number of hydrogen-bond acceptors (Lipinski definition) is 5. The molecule has 0 radical (unpaired) electrons. The molecule has 0 saturated carbocycles. The zero-order valence-corrected chi connectivity index (χ0v) is 15.6. The Hall–Kier alpha value is -2.15. The normalized spacial score (nSPS) is 17.3. The predicted molar refractivity (Wildman–Crippen MR) is 94.0 cm³/mol. The Morgan fingerprint density at radius 1 is 1.15 bits per heavy atom. The molecule has 1 aromatic carbocycles. The van der Waals surface area contributed by atoms with Crippen LogP contribution in [0.15, 0.2) is 16.5 Å². The molecule has 1 aromatic heterocycles. The van der Waals surface area contributed by atoms with E-state index in [-0.39, 0.29) is 12.8 Å². The van der Waals surface area contributed by atoms with Crippen molar-refractivity contribution in [2.75, 3.05) is 27.3 Å². The van der Waals surface area contributed by atoms with Crippen LogP contribution in [0.4, 0.5) is 8.78 Å². The van der Waals surface area contributed by atoms with Gasteiger partial charge in [0, 0.05) is 38.0 Å². The van der Waals surface area contributed by atoms with Crippen molar-refractivity contribution in [2.45, 2.75) is 39.2 Å². The van der Waals surface area contributed by atoms with Gasteiger partial charge in [-0.3, -0.25) is 4.90 Å². The number of piperidine rings is 1. The van der Waals surface area contributed by atoms with E-state index in [1.807, 2.05) is 30.9 Å². The molecule has 1 saturated heterocycles. The zero-order valence-electron chi connectivity index (χ0n) is 15.6. The van der Waals surface area contributed by atoms with Gasteiger partial charge in [0.1, 0.15) is 17.3 Å². The van der Waals surface area contributed by atoms with Gasteiger partial charge >= 0.3 is 0 Å². The lowest BCUT2D eigenvalue weighted by molar-refractivity contribution is -0.0568. The second kappa shape index (κ2) is 7.23. The van der Waals surface area contributed by atoms with Crippen LogP contribution < -0.4 is 9.47 Å². The van der Waals surface area contributed by atoms with Crippen molar-refractivity contribution in [3.63, 3.8) is 0 Å². The fraction of sp³-hybridized carbons (Fsp3) is 0.526. The molecule has 0 unspecified atom stereocenters. The average Bonchev–Trinajstić information content (AvgIpc) is 2.97. The first kappa shape index (κ1) is 18.6. The second-order valence-electron chi connectivity index (χ2n) is 6.63. The topological polar surface area (TPSA) is 47.7 Å². The first-order valence-corrected chi connectivity index (χ1v) is 8.63. The van der Waals surface area contributed by atoms with E-state index < -0.39 is 5.92 Å². The summed E-state index contributed by atoms with van der Waals surface area (Å²) in [6.07, 6.45) is -0.218. The van der Waals surface area contributed by atoms with Crippen LogP contribution in [0.1, 0.15) is 29.9 Å². The summed E-state index contributed by atoms with van der Waals surface area (Å²) in [5, 5.41) is 0. The van der Waals surface area contributed by atoms with Crippen molar-refractivity contribution in [3.05, 3.63) is 29.2 Å². The van der Waals surface area contributed by atoms with Crippen molar-refractivity contribution in [3.8, 4) is 23.0 Å². The summed E-state index contributed by atoms with van der Waals surface area (Å²) >= 11 is 0. The molecule has 2 aromatic rings. The molecular weight excluding hydrogens is 342 g/mol. The maximum atomic E-state index is 13.3. The minimum atomic E-state index is -2.55. The third kappa shape index (κ3) is 3.67. The van der Waals surface area contributed by atoms with E-state index in [1.165, 1.54) is 0 Å². The Morgan fingerprint density at radius 2 is 1.85 bits per heavy atom. The molecule has 3 rings (SSSR count). The van der Waals surface area contributed by atoms with Gasteiger partial charge in [0.15, 0.2) is 0 Å². The number of methoxy groups -OCH3 is 2. The van der Waals surface area contributed by atoms with Gasteiger partial charge in [0.25, 0.3) is 5.92 Å². The van der Waals surface area contributed by atoms with Crippen LogP contribution in [0.2, 0.25) is 0 Å². The maximum absolute atomic E-state index is 13.3. The number of halogens is 2. The first-order chi connectivity index (χ1) is 12.3. The fourth-order valence-electron chi connectivity index (χ4n) is 3.27. The highest BCUT2D eigenvalue weighted by Crippen LogP contribution is 2.38. The zero-order chi connectivity index (χ0) is 18.9. The van der Waals surface area contributed by atoms with Crippen LogP contribution in [0.3, 0.4) is 0 Å². The van der Waals surface area contributed by atoms with Crippen molar-refractivity contribution < 1.29 is 22.7 Å². The summed E-state index contributed by atoms with van der Waals surface area (Å²) in [6, 6.07) is 3.69. The predicted octanol–water partition coefficient (Wildman–Crippen LogP) is 4.21. The molecule has 5 nitrogen and oxygen atoms in total. The largest absolute Gasteiger partial charge is 0.496 e. The molecule has 1 aliphatic heterocycles. The summed E-state index contributed by atoms with van der Waals surface area (Å²) in [5.41, 5.74) is 2.37. The van der Waals surface area contributed by atoms with E-state index in [0.29, 0.717) is 37.0 Å². The van der Waals surface area contributed by atoms with E-state index >= 15 is 0 Å². The minimum absolute atomic E-state index is 0.109. The molecule has 0 atom stereocenters. The smallest absolute Gasteiger partial charge is 0.250 e. The second-order valence-corrected chi connectivity index (χ2v) is 6.63. The molecule has 2 heterocycles. The summed E-state index contributed by atoms with van der Waals surface area (Å²) in [4.78, 5) is 6.59. The number of alkyl halides is 2. The molecule has 0 N–H and O–H groups in total. The number of likely N-dealkylation sites (tertiary alicyclic amines) is 1. The Kier molecular flexibility index (Phi) is 5.18. The van der Waals surface area contributed by atoms with Gasteiger partial charge in [-0.2, -0.15) is 0 Å². The number of oxazole rings is 1. The van der Waals surface area contributed by atoms with E-state index in [1.54, 1.807) is 14.2 Å². The van der Waals surface area contributed by atoms with Crippen molar-refractivity contribution >= 4 is 0 Å². The van der Waals surface area contributed by atoms with E-state index in [0.717, 1.165) is 22.6 Å². The summed E-state index contributed by atoms with van der Waals surface area (Å²) in [6.45, 7) is 4.97. The quantitative estimate of drug-likeness (QED) is 0.793. The van der Waals surface area contributed by atoms with Crippen LogP contribution in [-0.4, -0.2) is 43.1 Å². The Balaban J connectivity index is 1.84. The number of aromatic nitrogens is 1. The third-order valence-corrected chi connectivity index (χ3v) is 4.86. The van der Waals surface area contributed by atoms with Gasteiger partial charge in [-0.05, 0) is 26.0 Å². The molecule has 0 bridgehead atoms. The molecule has 1 aliphatic rings. The van der Waals surface area contributed by atoms with Gasteiger partial charge in [0.05, 0.1) is 25.5 Å². The number of aryl methyl sites for hydroxylation is 1. The molecule has 0 amide bonds. The Morgan fingerprint density at radius 3 is 2.46 bits per heavy atom. The number of nitrogens with zero attached hydrogens (tertiary/aromatic N) is 2. The van der Waals surface area contributed by atoms with Crippen molar-refractivity contribution in [1.82, 2.24) is 9.88 Å². The van der Waals surface area contributed by atoms with Gasteiger partial charge in [-0.15, -0.1) is 0 Å². The van der Waals surface area contributed by atoms with Crippen LogP contribution >= 0.6 is 0 Å². The van der Waals surface area contributed by atoms with Crippen molar-refractivity contribution in [2.24, 2.45) is 0 Å². The highest BCUT2D eigenvalue weighted by atomic mass is 19.3. The maximum Gasteiger partial charge on any atom is 0.250 e. The van der Waals surface area contributed by atoms with Crippen LogP contribution in [0.5, 0.6) is 11.5 Å². The summed E-state index contributed by atoms with van der Waals surface area (Å²) < 4.78 is 43.3. The van der Waals surface area contributed by atoms with Crippen LogP contribution in [-0.2, 0) is 6.54 Å². The van der Waals surface area contributed by atoms with Gasteiger partial charge in [0.2, 0.25) is 5.89 Å². The van der Waals surface area contributed by atoms with Gasteiger partial charge in [-0.25, -0.2) is 13.8 Å². The Labute approximate surface area is 151 Å². The summed E-state index contributed by atoms with van der Waals surface area (Å²) in [5.74, 6) is -0.0254. The highest BCUT2D eigenvalue weighted by molar-refractivity contribution is 5.68. The van der Waals surface area contributed by atoms with Gasteiger partial charge < -0.3 is 13.9 Å². The number of rotatable bonds is 5. The van der Waals surface area contributed by atoms with E-state index in [4.69, 9.17) is 13.9 Å². The molecular formula is C19H24F2N2O3. The highest BCUT2D eigenvalue weighted by Gasteiger charge is 2.34. The molecule has 26 heavy (non-hydrogen) atoms. The molecule has 0 aliphatic carbocycles. The molecule has 0 spiro atoms. The van der Waals surface area contributed by atoms with E-state index in [9.17, 15) is 8.78 Å². The fourth-order valence-corrected chi connectivity index (χ4v) is 3.27. The first-order valence-electron chi connectivity index (χ1n) is 8.63. The lowest BCUT2D eigenvalue weighted by atomic mass is 10.1. The van der Waals surface area contributed by atoms with Crippen LogP contribution in [0, 0.1) is 13.8 Å².